The summed E-state index contributed by atoms with van der Waals surface area (Å²) in [6, 6.07) is 3.65. The van der Waals surface area contributed by atoms with Crippen LogP contribution in [0.2, 0.25) is 0 Å². The molecule has 0 bridgehead atoms. The molecule has 1 aliphatic heterocycles. The van der Waals surface area contributed by atoms with Gasteiger partial charge in [0.2, 0.25) is 5.91 Å². The lowest BCUT2D eigenvalue weighted by Gasteiger charge is -2.23. The summed E-state index contributed by atoms with van der Waals surface area (Å²) < 4.78 is 5.35. The number of amides is 2. The second-order valence-electron chi connectivity index (χ2n) is 3.98. The van der Waals surface area contributed by atoms with Gasteiger partial charge in [-0.2, -0.15) is 0 Å². The van der Waals surface area contributed by atoms with Gasteiger partial charge >= 0.3 is 0 Å². The number of carbonyl (C=O) groups is 2. The van der Waals surface area contributed by atoms with Gasteiger partial charge in [-0.3, -0.25) is 9.59 Å². The number of nitrogens with one attached hydrogen (secondary N) is 1. The quantitative estimate of drug-likeness (QED) is 0.817. The summed E-state index contributed by atoms with van der Waals surface area (Å²) >= 11 is 1.41. The van der Waals surface area contributed by atoms with Gasteiger partial charge in [0.05, 0.1) is 18.1 Å². The largest absolute Gasteiger partial charge is 0.378 e. The summed E-state index contributed by atoms with van der Waals surface area (Å²) in [6.07, 6.45) is 0.344. The van der Waals surface area contributed by atoms with Crippen LogP contribution in [0.4, 0.5) is 0 Å². The fourth-order valence-corrected chi connectivity index (χ4v) is 2.43. The Morgan fingerprint density at radius 2 is 2.28 bits per heavy atom. The minimum atomic E-state index is -0.0375. The number of ether oxygens (including phenoxy) is 1. The van der Waals surface area contributed by atoms with Crippen molar-refractivity contribution in [2.24, 2.45) is 0 Å². The van der Waals surface area contributed by atoms with Crippen LogP contribution >= 0.6 is 11.3 Å². The van der Waals surface area contributed by atoms with E-state index in [9.17, 15) is 9.59 Å². The molecule has 0 atom stereocenters. The van der Waals surface area contributed by atoms with Crippen LogP contribution in [-0.4, -0.2) is 49.6 Å². The molecule has 1 aliphatic rings. The van der Waals surface area contributed by atoms with Crippen molar-refractivity contribution in [1.29, 1.82) is 0 Å². The van der Waals surface area contributed by atoms with Gasteiger partial charge in [0.1, 0.15) is 0 Å². The number of hydrogen-bond donors (Lipinski definition) is 1. The highest BCUT2D eigenvalue weighted by Crippen LogP contribution is 2.12. The van der Waals surface area contributed by atoms with E-state index < -0.39 is 0 Å². The summed E-state index contributed by atoms with van der Waals surface area (Å²) in [5, 5.41) is 4.62. The average molecular weight is 268 g/mol. The molecule has 2 heterocycles. The fourth-order valence-electron chi connectivity index (χ4n) is 1.74. The molecule has 2 rings (SSSR count). The second-order valence-corrected chi connectivity index (χ2v) is 4.93. The highest BCUT2D eigenvalue weighted by atomic mass is 32.1. The van der Waals surface area contributed by atoms with E-state index in [0.717, 1.165) is 0 Å². The Morgan fingerprint density at radius 1 is 1.39 bits per heavy atom. The summed E-state index contributed by atoms with van der Waals surface area (Å²) in [4.78, 5) is 26.0. The van der Waals surface area contributed by atoms with E-state index in [0.29, 0.717) is 44.1 Å². The predicted molar refractivity (Wildman–Crippen MR) is 68.7 cm³/mol. The minimum absolute atomic E-state index is 0.0260. The highest BCUT2D eigenvalue weighted by molar-refractivity contribution is 7.12. The van der Waals surface area contributed by atoms with Crippen molar-refractivity contribution in [2.75, 3.05) is 32.8 Å². The van der Waals surface area contributed by atoms with Gasteiger partial charge < -0.3 is 15.0 Å². The highest BCUT2D eigenvalue weighted by Gasteiger charge is 2.18. The number of hydrogen-bond acceptors (Lipinski definition) is 4. The van der Waals surface area contributed by atoms with E-state index in [-0.39, 0.29) is 11.8 Å². The molecule has 0 aromatic carbocycles. The van der Waals surface area contributed by atoms with Gasteiger partial charge in [0.15, 0.2) is 0 Å². The van der Waals surface area contributed by atoms with Crippen LogP contribution in [0.5, 0.6) is 0 Å². The molecular formula is C12H16N2O3S. The van der Waals surface area contributed by atoms with Crippen LogP contribution in [0.3, 0.4) is 0 Å². The lowest BCUT2D eigenvalue weighted by Crippen LogP contribution is -2.39. The zero-order valence-corrected chi connectivity index (χ0v) is 10.9. The van der Waals surface area contributed by atoms with Crippen LogP contribution in [-0.2, 0) is 9.53 Å². The van der Waals surface area contributed by atoms with Crippen molar-refractivity contribution in [2.45, 2.75) is 6.42 Å². The van der Waals surface area contributed by atoms with E-state index in [1.165, 1.54) is 11.3 Å². The standard InChI is InChI=1S/C12H16N2O3S/c15-11-3-5-14(6-8-17-7-4-13-11)12(16)10-2-1-9-18-10/h1-2,9H,3-8H2,(H,13,15). The molecule has 6 heteroatoms. The van der Waals surface area contributed by atoms with Crippen molar-refractivity contribution >= 4 is 23.2 Å². The number of carbonyl (C=O) groups excluding carboxylic acids is 2. The molecule has 0 spiro atoms. The first-order valence-corrected chi connectivity index (χ1v) is 6.82. The molecule has 1 aromatic rings. The number of thiophene rings is 1. The summed E-state index contributed by atoms with van der Waals surface area (Å²) in [5.74, 6) is -0.0635. The third-order valence-corrected chi connectivity index (χ3v) is 3.56. The monoisotopic (exact) mass is 268 g/mol. The molecule has 5 nitrogen and oxygen atoms in total. The Bertz CT molecular complexity index is 405. The van der Waals surface area contributed by atoms with Crippen molar-refractivity contribution in [3.8, 4) is 0 Å². The molecule has 0 aliphatic carbocycles. The Labute approximate surface area is 110 Å². The zero-order chi connectivity index (χ0) is 12.8. The normalized spacial score (nSPS) is 18.2. The van der Waals surface area contributed by atoms with Gasteiger partial charge in [-0.25, -0.2) is 0 Å². The van der Waals surface area contributed by atoms with Crippen LogP contribution < -0.4 is 5.32 Å². The number of nitrogens with zero attached hydrogens (tertiary/aromatic N) is 1. The summed E-state index contributed by atoms with van der Waals surface area (Å²) in [6.45, 7) is 2.51. The van der Waals surface area contributed by atoms with Crippen LogP contribution in [0.1, 0.15) is 16.1 Å². The molecule has 18 heavy (non-hydrogen) atoms. The first-order chi connectivity index (χ1) is 8.77. The molecule has 2 amide bonds. The van der Waals surface area contributed by atoms with E-state index in [2.05, 4.69) is 5.32 Å². The lowest BCUT2D eigenvalue weighted by atomic mass is 10.3. The molecule has 1 N–H and O–H groups in total. The molecule has 0 saturated carbocycles. The van der Waals surface area contributed by atoms with E-state index in [4.69, 9.17) is 4.74 Å². The smallest absolute Gasteiger partial charge is 0.264 e. The third kappa shape index (κ3) is 3.54. The summed E-state index contributed by atoms with van der Waals surface area (Å²) in [5.41, 5.74) is 0. The van der Waals surface area contributed by atoms with Gasteiger partial charge in [-0.05, 0) is 11.4 Å². The van der Waals surface area contributed by atoms with Gasteiger partial charge in [0, 0.05) is 26.1 Å². The first-order valence-electron chi connectivity index (χ1n) is 5.94. The molecule has 1 aromatic heterocycles. The molecule has 98 valence electrons. The van der Waals surface area contributed by atoms with Gasteiger partial charge in [-0.15, -0.1) is 11.3 Å². The third-order valence-electron chi connectivity index (χ3n) is 2.70. The topological polar surface area (TPSA) is 58.6 Å². The molecule has 1 fully saturated rings. The maximum absolute atomic E-state index is 12.2. The van der Waals surface area contributed by atoms with Crippen molar-refractivity contribution in [3.63, 3.8) is 0 Å². The molecular weight excluding hydrogens is 252 g/mol. The Kier molecular flexibility index (Phi) is 4.72. The van der Waals surface area contributed by atoms with Crippen molar-refractivity contribution in [3.05, 3.63) is 22.4 Å². The second kappa shape index (κ2) is 6.51. The van der Waals surface area contributed by atoms with Crippen LogP contribution in [0.25, 0.3) is 0 Å². The number of rotatable bonds is 1. The predicted octanol–water partition coefficient (Wildman–Crippen LogP) is 0.727. The molecule has 0 unspecified atom stereocenters. The van der Waals surface area contributed by atoms with Crippen LogP contribution in [0.15, 0.2) is 17.5 Å². The minimum Gasteiger partial charge on any atom is -0.378 e. The fraction of sp³-hybridized carbons (Fsp3) is 0.500. The summed E-state index contributed by atoms with van der Waals surface area (Å²) in [7, 11) is 0. The van der Waals surface area contributed by atoms with Gasteiger partial charge in [0.25, 0.3) is 5.91 Å². The molecule has 1 saturated heterocycles. The average Bonchev–Trinajstić information content (AvgIpc) is 2.90. The van der Waals surface area contributed by atoms with E-state index in [1.54, 1.807) is 11.0 Å². The first kappa shape index (κ1) is 13.0. The van der Waals surface area contributed by atoms with E-state index >= 15 is 0 Å². The van der Waals surface area contributed by atoms with E-state index in [1.807, 2.05) is 11.4 Å². The zero-order valence-electron chi connectivity index (χ0n) is 10.1. The molecule has 0 radical (unpaired) electrons. The lowest BCUT2D eigenvalue weighted by molar-refractivity contribution is -0.121. The Hall–Kier alpha value is -1.40. The van der Waals surface area contributed by atoms with Crippen molar-refractivity contribution in [1.82, 2.24) is 10.2 Å². The Morgan fingerprint density at radius 3 is 3.06 bits per heavy atom. The Balaban J connectivity index is 1.99. The maximum Gasteiger partial charge on any atom is 0.264 e. The van der Waals surface area contributed by atoms with Crippen LogP contribution in [0, 0.1) is 0 Å². The maximum atomic E-state index is 12.2. The van der Waals surface area contributed by atoms with Gasteiger partial charge in [-0.1, -0.05) is 6.07 Å². The van der Waals surface area contributed by atoms with Crippen molar-refractivity contribution < 1.29 is 14.3 Å². The SMILES string of the molecule is O=C1CCN(C(=O)c2cccs2)CCOCCN1.